The average molecular weight is 240 g/mol. The van der Waals surface area contributed by atoms with Crippen LogP contribution in [-0.2, 0) is 0 Å². The van der Waals surface area contributed by atoms with E-state index in [0.29, 0.717) is 0 Å². The molecule has 0 aliphatic carbocycles. The van der Waals surface area contributed by atoms with E-state index in [1.54, 1.807) is 11.8 Å². The van der Waals surface area contributed by atoms with Crippen LogP contribution in [0.25, 0.3) is 16.7 Å². The van der Waals surface area contributed by atoms with Gasteiger partial charge in [-0.05, 0) is 36.6 Å². The maximum absolute atomic E-state index is 4.45. The number of rotatable bonds is 2. The Morgan fingerprint density at radius 2 is 1.88 bits per heavy atom. The van der Waals surface area contributed by atoms with Gasteiger partial charge in [-0.15, -0.1) is 11.8 Å². The quantitative estimate of drug-likeness (QED) is 0.635. The van der Waals surface area contributed by atoms with Gasteiger partial charge in [0.05, 0.1) is 11.0 Å². The molecule has 3 heteroatoms. The molecule has 1 heterocycles. The summed E-state index contributed by atoms with van der Waals surface area (Å²) in [5, 5.41) is 0. The fourth-order valence-corrected chi connectivity index (χ4v) is 2.35. The van der Waals surface area contributed by atoms with Gasteiger partial charge in [-0.25, -0.2) is 4.98 Å². The second kappa shape index (κ2) is 4.26. The molecule has 0 spiro atoms. The standard InChI is InChI=1S/C14H12N2S/c1-17-12-7-8-14-13(9-12)15-10-16(14)11-5-3-2-4-6-11/h2-10H,1H3. The molecule has 0 radical (unpaired) electrons. The van der Waals surface area contributed by atoms with Crippen molar-refractivity contribution in [2.45, 2.75) is 4.90 Å². The molecular weight excluding hydrogens is 228 g/mol. The summed E-state index contributed by atoms with van der Waals surface area (Å²) in [6, 6.07) is 16.7. The van der Waals surface area contributed by atoms with Crippen LogP contribution in [0.15, 0.2) is 59.8 Å². The molecular formula is C14H12N2S. The Kier molecular flexibility index (Phi) is 2.61. The highest BCUT2D eigenvalue weighted by atomic mass is 32.2. The molecule has 0 fully saturated rings. The van der Waals surface area contributed by atoms with E-state index in [4.69, 9.17) is 0 Å². The number of para-hydroxylation sites is 1. The summed E-state index contributed by atoms with van der Waals surface area (Å²) >= 11 is 1.74. The van der Waals surface area contributed by atoms with Crippen LogP contribution in [-0.4, -0.2) is 15.8 Å². The molecule has 0 N–H and O–H groups in total. The maximum atomic E-state index is 4.45. The van der Waals surface area contributed by atoms with E-state index in [1.807, 2.05) is 24.5 Å². The van der Waals surface area contributed by atoms with Crippen LogP contribution >= 0.6 is 11.8 Å². The number of nitrogens with zero attached hydrogens (tertiary/aromatic N) is 2. The molecule has 2 aromatic carbocycles. The smallest absolute Gasteiger partial charge is 0.100 e. The molecule has 17 heavy (non-hydrogen) atoms. The number of thioether (sulfide) groups is 1. The van der Waals surface area contributed by atoms with Crippen LogP contribution in [0.2, 0.25) is 0 Å². The Hall–Kier alpha value is -1.74. The summed E-state index contributed by atoms with van der Waals surface area (Å²) in [7, 11) is 0. The Balaban J connectivity index is 2.19. The number of hydrogen-bond donors (Lipinski definition) is 0. The van der Waals surface area contributed by atoms with Crippen molar-refractivity contribution in [1.29, 1.82) is 0 Å². The fourth-order valence-electron chi connectivity index (χ4n) is 1.91. The van der Waals surface area contributed by atoms with Crippen molar-refractivity contribution in [1.82, 2.24) is 9.55 Å². The Morgan fingerprint density at radius 3 is 2.65 bits per heavy atom. The summed E-state index contributed by atoms with van der Waals surface area (Å²) in [5.41, 5.74) is 3.33. The molecule has 2 nitrogen and oxygen atoms in total. The van der Waals surface area contributed by atoms with Gasteiger partial charge in [-0.2, -0.15) is 0 Å². The van der Waals surface area contributed by atoms with Crippen molar-refractivity contribution >= 4 is 22.8 Å². The first-order valence-corrected chi connectivity index (χ1v) is 6.67. The minimum absolute atomic E-state index is 1.04. The third-order valence-electron chi connectivity index (χ3n) is 2.79. The Morgan fingerprint density at radius 1 is 1.06 bits per heavy atom. The minimum atomic E-state index is 1.04. The summed E-state index contributed by atoms with van der Waals surface area (Å²) in [6.07, 6.45) is 3.96. The third-order valence-corrected chi connectivity index (χ3v) is 3.51. The largest absolute Gasteiger partial charge is 0.299 e. The predicted octanol–water partition coefficient (Wildman–Crippen LogP) is 3.75. The minimum Gasteiger partial charge on any atom is -0.299 e. The Labute approximate surface area is 104 Å². The van der Waals surface area contributed by atoms with Gasteiger partial charge in [0.25, 0.3) is 0 Å². The predicted molar refractivity (Wildman–Crippen MR) is 72.9 cm³/mol. The molecule has 0 aliphatic rings. The van der Waals surface area contributed by atoms with Crippen LogP contribution < -0.4 is 0 Å². The SMILES string of the molecule is CSc1ccc2c(c1)ncn2-c1ccccc1. The van der Waals surface area contributed by atoms with Gasteiger partial charge in [0.15, 0.2) is 0 Å². The van der Waals surface area contributed by atoms with E-state index in [0.717, 1.165) is 16.7 Å². The summed E-state index contributed by atoms with van der Waals surface area (Å²) in [6.45, 7) is 0. The molecule has 0 bridgehead atoms. The van der Waals surface area contributed by atoms with Crippen molar-refractivity contribution in [3.05, 3.63) is 54.9 Å². The van der Waals surface area contributed by atoms with Crippen molar-refractivity contribution < 1.29 is 0 Å². The van der Waals surface area contributed by atoms with Gasteiger partial charge in [-0.1, -0.05) is 18.2 Å². The number of benzene rings is 2. The van der Waals surface area contributed by atoms with Crippen molar-refractivity contribution in [2.75, 3.05) is 6.26 Å². The number of hydrogen-bond acceptors (Lipinski definition) is 2. The molecule has 0 atom stereocenters. The third kappa shape index (κ3) is 1.83. The zero-order valence-corrected chi connectivity index (χ0v) is 10.3. The number of fused-ring (bicyclic) bond motifs is 1. The highest BCUT2D eigenvalue weighted by Gasteiger charge is 2.04. The molecule has 84 valence electrons. The van der Waals surface area contributed by atoms with E-state index < -0.39 is 0 Å². The van der Waals surface area contributed by atoms with Crippen LogP contribution in [0.3, 0.4) is 0 Å². The van der Waals surface area contributed by atoms with E-state index in [-0.39, 0.29) is 0 Å². The van der Waals surface area contributed by atoms with Gasteiger partial charge in [0, 0.05) is 10.6 Å². The lowest BCUT2D eigenvalue weighted by Gasteiger charge is -2.03. The van der Waals surface area contributed by atoms with Gasteiger partial charge in [0.2, 0.25) is 0 Å². The zero-order valence-electron chi connectivity index (χ0n) is 9.50. The lowest BCUT2D eigenvalue weighted by atomic mass is 10.3. The number of imidazole rings is 1. The van der Waals surface area contributed by atoms with Crippen molar-refractivity contribution in [3.63, 3.8) is 0 Å². The van der Waals surface area contributed by atoms with Crippen molar-refractivity contribution in [2.24, 2.45) is 0 Å². The fraction of sp³-hybridized carbons (Fsp3) is 0.0714. The molecule has 3 rings (SSSR count). The normalized spacial score (nSPS) is 10.9. The first kappa shape index (κ1) is 10.4. The van der Waals surface area contributed by atoms with Crippen LogP contribution in [0.5, 0.6) is 0 Å². The Bertz CT molecular complexity index is 644. The average Bonchev–Trinajstić information content (AvgIpc) is 2.82. The monoisotopic (exact) mass is 240 g/mol. The lowest BCUT2D eigenvalue weighted by molar-refractivity contribution is 1.09. The highest BCUT2D eigenvalue weighted by molar-refractivity contribution is 7.98. The lowest BCUT2D eigenvalue weighted by Crippen LogP contribution is -1.90. The molecule has 0 saturated heterocycles. The topological polar surface area (TPSA) is 17.8 Å². The van der Waals surface area contributed by atoms with Gasteiger partial charge < -0.3 is 0 Å². The van der Waals surface area contributed by atoms with Crippen molar-refractivity contribution in [3.8, 4) is 5.69 Å². The van der Waals surface area contributed by atoms with Crippen LogP contribution in [0.1, 0.15) is 0 Å². The zero-order chi connectivity index (χ0) is 11.7. The molecule has 0 amide bonds. The van der Waals surface area contributed by atoms with E-state index in [1.165, 1.54) is 4.90 Å². The second-order valence-electron chi connectivity index (χ2n) is 3.80. The molecule has 1 aromatic heterocycles. The van der Waals surface area contributed by atoms with Gasteiger partial charge in [-0.3, -0.25) is 4.57 Å². The highest BCUT2D eigenvalue weighted by Crippen LogP contribution is 2.23. The molecule has 0 unspecified atom stereocenters. The summed E-state index contributed by atoms with van der Waals surface area (Å²) in [5.74, 6) is 0. The van der Waals surface area contributed by atoms with Gasteiger partial charge in [0.1, 0.15) is 6.33 Å². The first-order valence-electron chi connectivity index (χ1n) is 5.45. The van der Waals surface area contributed by atoms with E-state index in [2.05, 4.69) is 46.1 Å². The van der Waals surface area contributed by atoms with Crippen LogP contribution in [0.4, 0.5) is 0 Å². The molecule has 0 aliphatic heterocycles. The maximum Gasteiger partial charge on any atom is 0.100 e. The summed E-state index contributed by atoms with van der Waals surface area (Å²) in [4.78, 5) is 5.70. The second-order valence-corrected chi connectivity index (χ2v) is 4.68. The van der Waals surface area contributed by atoms with Crippen LogP contribution in [0, 0.1) is 0 Å². The van der Waals surface area contributed by atoms with E-state index >= 15 is 0 Å². The summed E-state index contributed by atoms with van der Waals surface area (Å²) < 4.78 is 2.11. The van der Waals surface area contributed by atoms with Gasteiger partial charge >= 0.3 is 0 Å². The van der Waals surface area contributed by atoms with E-state index in [9.17, 15) is 0 Å². The first-order chi connectivity index (χ1) is 8.38. The molecule has 0 saturated carbocycles. The molecule has 3 aromatic rings. The number of aromatic nitrogens is 2.